The van der Waals surface area contributed by atoms with Gasteiger partial charge in [0.05, 0.1) is 66.1 Å². The molecule has 1 aromatic heterocycles. The van der Waals surface area contributed by atoms with Gasteiger partial charge in [-0.25, -0.2) is 4.36 Å². The van der Waals surface area contributed by atoms with Crippen molar-refractivity contribution >= 4 is 81.0 Å². The van der Waals surface area contributed by atoms with Gasteiger partial charge in [0.25, 0.3) is 0 Å². The molecule has 0 aromatic carbocycles. The number of carbonyl (C=O) groups is 2. The van der Waals surface area contributed by atoms with Gasteiger partial charge in [0.15, 0.2) is 0 Å². The number of nitrogens with zero attached hydrogens (tertiary/aromatic N) is 8. The zero-order valence-corrected chi connectivity index (χ0v) is 43.0. The van der Waals surface area contributed by atoms with Gasteiger partial charge in [0.1, 0.15) is 20.7 Å². The molecule has 2 bridgehead atoms. The molecular weight excluding hydrogens is 979 g/mol. The van der Waals surface area contributed by atoms with Gasteiger partial charge in [-0.3, -0.25) is 43.5 Å². The monoisotopic (exact) mass is 1050 g/mol. The Labute approximate surface area is 422 Å². The van der Waals surface area contributed by atoms with Crippen molar-refractivity contribution in [2.45, 2.75) is 38.0 Å². The molecular formula is C41H71FMnN10O7S5. The number of halogens is 1. The third kappa shape index (κ3) is 25.7. The number of thioether (sulfide) groups is 2. The minimum atomic E-state index is -1.00. The Hall–Kier alpha value is -1.32. The summed E-state index contributed by atoms with van der Waals surface area (Å²) in [5, 5.41) is 27.3. The van der Waals surface area contributed by atoms with Crippen molar-refractivity contribution in [2.75, 3.05) is 170 Å². The normalized spacial score (nSPS) is 19.7. The van der Waals surface area contributed by atoms with Crippen LogP contribution in [0.1, 0.15) is 25.6 Å². The van der Waals surface area contributed by atoms with Crippen molar-refractivity contribution in [3.05, 3.63) is 29.6 Å². The topological polar surface area (TPSA) is 171 Å². The smallest absolute Gasteiger partial charge is 0.320 e. The molecule has 2 unspecified atom stereocenters. The molecule has 0 amide bonds. The summed E-state index contributed by atoms with van der Waals surface area (Å²) >= 11 is 18.5. The van der Waals surface area contributed by atoms with Gasteiger partial charge in [0.2, 0.25) is 0 Å². The van der Waals surface area contributed by atoms with Gasteiger partial charge in [-0.05, 0) is 32.0 Å². The van der Waals surface area contributed by atoms with E-state index in [1.165, 1.54) is 23.5 Å². The van der Waals surface area contributed by atoms with Gasteiger partial charge in [-0.2, -0.15) is 0 Å². The molecule has 0 saturated carbocycles. The molecule has 4 N–H and O–H groups in total. The number of hydrogen-bond acceptors (Lipinski definition) is 18. The molecule has 371 valence electrons. The quantitative estimate of drug-likeness (QED) is 0.117. The van der Waals surface area contributed by atoms with Crippen LogP contribution in [-0.2, 0) is 66.4 Å². The first-order valence-electron chi connectivity index (χ1n) is 22.7. The summed E-state index contributed by atoms with van der Waals surface area (Å²) in [6.45, 7) is 18.6. The van der Waals surface area contributed by atoms with Gasteiger partial charge in [0, 0.05) is 152 Å². The predicted molar refractivity (Wildman–Crippen MR) is 264 cm³/mol. The fourth-order valence-corrected chi connectivity index (χ4v) is 9.61. The molecule has 24 heteroatoms. The summed E-state index contributed by atoms with van der Waals surface area (Å²) in [5.41, 5.74) is 1.52. The molecule has 1 radical (unpaired) electrons. The average Bonchev–Trinajstić information content (AvgIpc) is 3.30. The first-order valence-corrected chi connectivity index (χ1v) is 25.1. The minimum Gasteiger partial charge on any atom is -0.480 e. The second-order valence-corrected chi connectivity index (χ2v) is 19.3. The van der Waals surface area contributed by atoms with Crippen molar-refractivity contribution in [1.82, 2.24) is 45.0 Å². The fourth-order valence-electron chi connectivity index (χ4n) is 7.36. The van der Waals surface area contributed by atoms with Crippen molar-refractivity contribution in [2.24, 2.45) is 4.36 Å². The van der Waals surface area contributed by atoms with Crippen LogP contribution in [0.25, 0.3) is 0 Å². The largest absolute Gasteiger partial charge is 0.480 e. The molecule has 3 fully saturated rings. The Morgan fingerprint density at radius 2 is 1.14 bits per heavy atom. The number of nitrogens with one attached hydrogen (secondary N) is 2. The van der Waals surface area contributed by atoms with E-state index in [9.17, 15) is 24.2 Å². The second kappa shape index (κ2) is 36.6. The van der Waals surface area contributed by atoms with Crippen LogP contribution >= 0.6 is 48.0 Å². The van der Waals surface area contributed by atoms with Crippen molar-refractivity contribution in [1.29, 1.82) is 0 Å². The van der Waals surface area contributed by atoms with Gasteiger partial charge in [-0.15, -0.1) is 0 Å². The molecule has 3 saturated heterocycles. The van der Waals surface area contributed by atoms with Crippen LogP contribution in [0.15, 0.2) is 22.6 Å². The first-order chi connectivity index (χ1) is 31.5. The number of thiocarbonyl (C=S) groups is 2. The molecule has 1 aromatic rings. The maximum atomic E-state index is 12.6. The Morgan fingerprint density at radius 1 is 0.754 bits per heavy atom. The molecule has 0 aliphatic carbocycles. The maximum absolute atomic E-state index is 12.6. The minimum absolute atomic E-state index is 0. The number of carboxylic acid groups (broad SMARTS) is 2. The number of carboxylic acids is 2. The maximum Gasteiger partial charge on any atom is 0.320 e. The van der Waals surface area contributed by atoms with E-state index in [-0.39, 0.29) is 17.1 Å². The van der Waals surface area contributed by atoms with Crippen molar-refractivity contribution < 1.29 is 56.8 Å². The SMILES string of the molecule is CN1CCN(C(CCSC(=S)NCCN2CCOCC2)C(=O)O)Cc2cccc(n2)CN(C(CCSC(=S)NCCN2CCOCC2)C(=O)O)CC1.S=NCCN1CCOCC1.[2H]CF.[Mn]. The van der Waals surface area contributed by atoms with Crippen LogP contribution in [-0.4, -0.2) is 247 Å². The predicted octanol–water partition coefficient (Wildman–Crippen LogP) is 1.83. The Bertz CT molecular complexity index is 1440. The summed E-state index contributed by atoms with van der Waals surface area (Å²) in [6, 6.07) is 4.35. The van der Waals surface area contributed by atoms with E-state index in [1.807, 2.05) is 35.0 Å². The standard InChI is InChI=1S/C34H56N8O6S4.C6H12N2OS.CH3F.Mn/c1-38-11-13-41(29(31(43)44)5-23-51-33(49)35-7-9-39-15-19-47-20-16-39)25-27-3-2-4-28(37-27)26-42(14-12-38)30(32(45)46)6-24-52-34(50)36-8-10-40-17-21-48-22-18-40;10-7-1-2-8-3-5-9-6-4-8;1-2;/h2-4,29-30H,5-26H2,1H3,(H,35,49)(H,36,50)(H,43,44)(H,45,46);1-6H2;1H3;/i;;1D;. The van der Waals surface area contributed by atoms with Gasteiger partial charge in [-0.1, -0.05) is 54.0 Å². The zero-order valence-electron chi connectivity index (χ0n) is 38.7. The summed E-state index contributed by atoms with van der Waals surface area (Å²) in [6.07, 6.45) is 0.876. The molecule has 2 atom stereocenters. The Balaban J connectivity index is 0.000000924. The van der Waals surface area contributed by atoms with E-state index >= 15 is 0 Å². The summed E-state index contributed by atoms with van der Waals surface area (Å²) in [5.74, 6) is -0.561. The van der Waals surface area contributed by atoms with Crippen molar-refractivity contribution in [3.63, 3.8) is 0 Å². The fraction of sp³-hybridized carbons (Fsp3) is 0.780. The molecule has 65 heavy (non-hydrogen) atoms. The number of fused-ring (bicyclic) bond motifs is 2. The molecule has 4 aliphatic rings. The molecule has 4 aliphatic heterocycles. The second-order valence-electron chi connectivity index (χ2n) is 15.5. The van der Waals surface area contributed by atoms with Gasteiger partial charge < -0.3 is 40.0 Å². The summed E-state index contributed by atoms with van der Waals surface area (Å²) in [7, 11) is 0.999. The molecule has 5 rings (SSSR count). The first kappa shape index (κ1) is 58.0. The van der Waals surface area contributed by atoms with Crippen molar-refractivity contribution in [3.8, 4) is 0 Å². The number of morpholine rings is 3. The number of likely N-dealkylation sites (N-methyl/N-ethyl adjacent to an activating group) is 1. The van der Waals surface area contributed by atoms with E-state index < -0.39 is 31.2 Å². The van der Waals surface area contributed by atoms with Crippen LogP contribution in [0.4, 0.5) is 4.39 Å². The molecule has 17 nitrogen and oxygen atoms in total. The number of hydrogen-bond donors (Lipinski definition) is 4. The Kier molecular flexibility index (Phi) is 32.7. The molecule has 0 spiro atoms. The number of ether oxygens (including phenoxy) is 3. The van der Waals surface area contributed by atoms with Crippen LogP contribution in [0.3, 0.4) is 0 Å². The summed E-state index contributed by atoms with van der Waals surface area (Å²) in [4.78, 5) is 43.2. The third-order valence-electron chi connectivity index (χ3n) is 11.0. The van der Waals surface area contributed by atoms with Crippen LogP contribution in [0.2, 0.25) is 0 Å². The summed E-state index contributed by atoms with van der Waals surface area (Å²) < 4.78 is 36.5. The van der Waals surface area contributed by atoms with Gasteiger partial charge >= 0.3 is 11.9 Å². The third-order valence-corrected chi connectivity index (χ3v) is 13.9. The number of rotatable bonds is 19. The van der Waals surface area contributed by atoms with E-state index in [0.29, 0.717) is 72.3 Å². The number of pyridine rings is 1. The van der Waals surface area contributed by atoms with Crippen LogP contribution in [0.5, 0.6) is 0 Å². The van der Waals surface area contributed by atoms with E-state index in [4.69, 9.17) is 45.0 Å². The van der Waals surface area contributed by atoms with Crippen LogP contribution in [0, 0.1) is 0 Å². The number of alkyl halides is 1. The van der Waals surface area contributed by atoms with E-state index in [2.05, 4.69) is 47.0 Å². The van der Waals surface area contributed by atoms with E-state index in [0.717, 1.165) is 130 Å². The number of aliphatic carboxylic acids is 2. The number of aromatic nitrogens is 1. The van der Waals surface area contributed by atoms with Crippen LogP contribution < -0.4 is 10.6 Å². The Morgan fingerprint density at radius 3 is 1.51 bits per heavy atom. The zero-order chi connectivity index (χ0) is 47.1. The molecule has 5 heterocycles. The average molecular weight is 1050 g/mol. The van der Waals surface area contributed by atoms with E-state index in [1.54, 1.807) is 0 Å².